The van der Waals surface area contributed by atoms with Crippen molar-refractivity contribution < 1.29 is 14.1 Å². The van der Waals surface area contributed by atoms with E-state index >= 15 is 0 Å². The summed E-state index contributed by atoms with van der Waals surface area (Å²) in [6, 6.07) is 5.44. The molecule has 0 amide bonds. The van der Waals surface area contributed by atoms with Gasteiger partial charge in [-0.25, -0.2) is 13.5 Å². The van der Waals surface area contributed by atoms with E-state index in [2.05, 4.69) is 21.9 Å². The molecule has 0 bridgehead atoms. The highest BCUT2D eigenvalue weighted by molar-refractivity contribution is 7.82. The molecule has 1 atom stereocenters. The van der Waals surface area contributed by atoms with E-state index in [1.807, 2.05) is 23.4 Å². The summed E-state index contributed by atoms with van der Waals surface area (Å²) < 4.78 is 22.7. The first-order valence-corrected chi connectivity index (χ1v) is 13.8. The van der Waals surface area contributed by atoms with Crippen molar-refractivity contribution in [2.24, 2.45) is 18.9 Å². The third-order valence-electron chi connectivity index (χ3n) is 6.92. The maximum atomic E-state index is 13.4. The predicted octanol–water partition coefficient (Wildman–Crippen LogP) is 1.55. The standard InChI is InChI=1S/C25H34N6O4S/c1-4-6-20-22-23(29(3)28-20)25(33)27-24(26-22)19-9-18(7-8-21(19)35-5-2)36(34)31-13-16(14-31)10-30-11-17(12-30)15-32/h7-9,16-17,32H,4-6,10-15H2,1-3H3,(H,26,27,33). The van der Waals surface area contributed by atoms with Crippen LogP contribution in [0.3, 0.4) is 0 Å². The highest BCUT2D eigenvalue weighted by Gasteiger charge is 2.36. The minimum atomic E-state index is -1.32. The maximum Gasteiger partial charge on any atom is 0.277 e. The van der Waals surface area contributed by atoms with Gasteiger partial charge in [0.1, 0.15) is 28.1 Å². The molecule has 3 aromatic rings. The molecule has 1 aromatic carbocycles. The predicted molar refractivity (Wildman–Crippen MR) is 138 cm³/mol. The lowest BCUT2D eigenvalue weighted by atomic mass is 9.96. The Bertz CT molecular complexity index is 1330. The van der Waals surface area contributed by atoms with Crippen LogP contribution in [0.5, 0.6) is 5.75 Å². The first-order chi connectivity index (χ1) is 17.4. The third-order valence-corrected chi connectivity index (χ3v) is 8.35. The minimum Gasteiger partial charge on any atom is -0.493 e. The number of aromatic amines is 1. The number of likely N-dealkylation sites (tertiary alicyclic amines) is 1. The zero-order chi connectivity index (χ0) is 25.4. The number of ether oxygens (including phenoxy) is 1. The fraction of sp³-hybridized carbons (Fsp3) is 0.560. The van der Waals surface area contributed by atoms with Crippen LogP contribution >= 0.6 is 0 Å². The molecule has 10 nitrogen and oxygen atoms in total. The molecule has 2 N–H and O–H groups in total. The molecule has 0 radical (unpaired) electrons. The summed E-state index contributed by atoms with van der Waals surface area (Å²) in [5.74, 6) is 1.86. The number of aromatic nitrogens is 4. The van der Waals surface area contributed by atoms with E-state index in [4.69, 9.17) is 9.72 Å². The molecule has 2 aromatic heterocycles. The van der Waals surface area contributed by atoms with Gasteiger partial charge in [0, 0.05) is 52.3 Å². The average molecular weight is 515 g/mol. The van der Waals surface area contributed by atoms with Gasteiger partial charge in [0.2, 0.25) is 0 Å². The van der Waals surface area contributed by atoms with E-state index < -0.39 is 11.0 Å². The maximum absolute atomic E-state index is 13.4. The minimum absolute atomic E-state index is 0.255. The van der Waals surface area contributed by atoms with Crippen molar-refractivity contribution in [1.29, 1.82) is 0 Å². The number of nitrogens with one attached hydrogen (secondary N) is 1. The number of fused-ring (bicyclic) bond motifs is 1. The zero-order valence-electron chi connectivity index (χ0n) is 21.1. The molecule has 194 valence electrons. The van der Waals surface area contributed by atoms with Crippen molar-refractivity contribution in [1.82, 2.24) is 29.0 Å². The fourth-order valence-corrected chi connectivity index (χ4v) is 6.49. The first kappa shape index (κ1) is 25.1. The monoisotopic (exact) mass is 514 g/mol. The lowest BCUT2D eigenvalue weighted by Crippen LogP contribution is -2.56. The molecule has 2 saturated heterocycles. The van der Waals surface area contributed by atoms with Crippen LogP contribution in [-0.4, -0.2) is 84.2 Å². The second-order valence-corrected chi connectivity index (χ2v) is 11.2. The smallest absolute Gasteiger partial charge is 0.277 e. The van der Waals surface area contributed by atoms with Crippen molar-refractivity contribution >= 4 is 22.0 Å². The number of aliphatic hydroxyl groups is 1. The Morgan fingerprint density at radius 1 is 1.19 bits per heavy atom. The summed E-state index contributed by atoms with van der Waals surface area (Å²) in [5.41, 5.74) is 2.17. The Hall–Kier alpha value is -2.60. The van der Waals surface area contributed by atoms with E-state index in [9.17, 15) is 14.1 Å². The third kappa shape index (κ3) is 4.72. The van der Waals surface area contributed by atoms with Crippen LogP contribution < -0.4 is 10.3 Å². The molecular formula is C25H34N6O4S. The SMILES string of the molecule is CCCc1nn(C)c2c(=O)[nH]c(-c3cc(S(=O)N4CC(CN5CC(CO)C5)C4)ccc3OCC)nc12. The zero-order valence-corrected chi connectivity index (χ0v) is 21.9. The number of hydrogen-bond donors (Lipinski definition) is 2. The molecular weight excluding hydrogens is 480 g/mol. The van der Waals surface area contributed by atoms with E-state index in [0.29, 0.717) is 51.5 Å². The van der Waals surface area contributed by atoms with Crippen molar-refractivity contribution in [3.63, 3.8) is 0 Å². The Morgan fingerprint density at radius 3 is 2.67 bits per heavy atom. The number of benzene rings is 1. The Morgan fingerprint density at radius 2 is 1.97 bits per heavy atom. The molecule has 0 aliphatic carbocycles. The number of hydrogen-bond acceptors (Lipinski definition) is 7. The van der Waals surface area contributed by atoms with Crippen LogP contribution in [0.4, 0.5) is 0 Å². The van der Waals surface area contributed by atoms with Crippen LogP contribution in [0.15, 0.2) is 27.9 Å². The lowest BCUT2D eigenvalue weighted by molar-refractivity contribution is 0.0236. The van der Waals surface area contributed by atoms with Gasteiger partial charge < -0.3 is 19.7 Å². The summed E-state index contributed by atoms with van der Waals surface area (Å²) in [5, 5.41) is 13.7. The molecule has 11 heteroatoms. The van der Waals surface area contributed by atoms with Crippen LogP contribution in [0.25, 0.3) is 22.4 Å². The molecule has 0 saturated carbocycles. The molecule has 5 rings (SSSR count). The van der Waals surface area contributed by atoms with Gasteiger partial charge in [-0.15, -0.1) is 0 Å². The van der Waals surface area contributed by atoms with Crippen molar-refractivity contribution in [3.05, 3.63) is 34.2 Å². The number of aliphatic hydroxyl groups excluding tert-OH is 1. The Balaban J connectivity index is 1.39. The molecule has 2 fully saturated rings. The lowest BCUT2D eigenvalue weighted by Gasteiger charge is -2.45. The number of aryl methyl sites for hydroxylation is 2. The van der Waals surface area contributed by atoms with Crippen LogP contribution in [-0.2, 0) is 24.5 Å². The fourth-order valence-electron chi connectivity index (χ4n) is 5.09. The Kier molecular flexibility index (Phi) is 7.25. The summed E-state index contributed by atoms with van der Waals surface area (Å²) in [7, 11) is 0.432. The summed E-state index contributed by atoms with van der Waals surface area (Å²) in [6.07, 6.45) is 1.62. The van der Waals surface area contributed by atoms with Crippen LogP contribution in [0.1, 0.15) is 26.0 Å². The topological polar surface area (TPSA) is 117 Å². The average Bonchev–Trinajstić information content (AvgIpc) is 3.13. The first-order valence-electron chi connectivity index (χ1n) is 12.6. The highest BCUT2D eigenvalue weighted by atomic mass is 32.2. The second-order valence-electron chi connectivity index (χ2n) is 9.75. The van der Waals surface area contributed by atoms with E-state index in [1.165, 1.54) is 0 Å². The van der Waals surface area contributed by atoms with Crippen LogP contribution in [0.2, 0.25) is 0 Å². The number of rotatable bonds is 10. The highest BCUT2D eigenvalue weighted by Crippen LogP contribution is 2.33. The molecule has 36 heavy (non-hydrogen) atoms. The number of H-pyrrole nitrogens is 1. The van der Waals surface area contributed by atoms with Crippen molar-refractivity contribution in [2.45, 2.75) is 31.6 Å². The summed E-state index contributed by atoms with van der Waals surface area (Å²) in [4.78, 5) is 23.7. The van der Waals surface area contributed by atoms with Crippen molar-refractivity contribution in [2.75, 3.05) is 45.9 Å². The van der Waals surface area contributed by atoms with Gasteiger partial charge in [-0.3, -0.25) is 9.48 Å². The summed E-state index contributed by atoms with van der Waals surface area (Å²) in [6.45, 7) is 9.10. The quantitative estimate of drug-likeness (QED) is 0.422. The van der Waals surface area contributed by atoms with E-state index in [1.54, 1.807) is 17.8 Å². The van der Waals surface area contributed by atoms with Gasteiger partial charge in [0.15, 0.2) is 5.52 Å². The van der Waals surface area contributed by atoms with Gasteiger partial charge in [-0.05, 0) is 37.5 Å². The van der Waals surface area contributed by atoms with E-state index in [0.717, 1.165) is 51.3 Å². The molecule has 1 unspecified atom stereocenters. The Labute approximate surface area is 212 Å². The van der Waals surface area contributed by atoms with Gasteiger partial charge in [-0.1, -0.05) is 13.3 Å². The van der Waals surface area contributed by atoms with Gasteiger partial charge in [0.25, 0.3) is 5.56 Å². The van der Waals surface area contributed by atoms with Gasteiger partial charge in [0.05, 0.1) is 22.8 Å². The second kappa shape index (κ2) is 10.4. The van der Waals surface area contributed by atoms with Crippen molar-refractivity contribution in [3.8, 4) is 17.1 Å². The number of nitrogens with zero attached hydrogens (tertiary/aromatic N) is 5. The summed E-state index contributed by atoms with van der Waals surface area (Å²) >= 11 is 0. The molecule has 2 aliphatic rings. The van der Waals surface area contributed by atoms with Crippen LogP contribution in [0, 0.1) is 11.8 Å². The molecule has 2 aliphatic heterocycles. The van der Waals surface area contributed by atoms with E-state index in [-0.39, 0.29) is 12.2 Å². The van der Waals surface area contributed by atoms with Gasteiger partial charge in [-0.2, -0.15) is 5.10 Å². The molecule has 0 spiro atoms. The van der Waals surface area contributed by atoms with Gasteiger partial charge >= 0.3 is 0 Å². The largest absolute Gasteiger partial charge is 0.493 e. The normalized spacial score (nSPS) is 18.3. The molecule has 4 heterocycles.